The topological polar surface area (TPSA) is 3.24 Å². The first-order valence-electron chi connectivity index (χ1n) is 5.13. The third-order valence-corrected chi connectivity index (χ3v) is 2.62. The molecule has 0 unspecified atom stereocenters. The van der Waals surface area contributed by atoms with E-state index in [-0.39, 0.29) is 40.0 Å². The second-order valence-electron chi connectivity index (χ2n) is 3.72. The van der Waals surface area contributed by atoms with Gasteiger partial charge in [-0.2, -0.15) is 30.3 Å². The average Bonchev–Trinajstić information content (AvgIpc) is 2.21. The van der Waals surface area contributed by atoms with Crippen LogP contribution >= 0.6 is 0 Å². The summed E-state index contributed by atoms with van der Waals surface area (Å²) in [5, 5.41) is 0. The first-order chi connectivity index (χ1) is 6.45. The van der Waals surface area contributed by atoms with Gasteiger partial charge in [0.15, 0.2) is 0 Å². The Morgan fingerprint density at radius 3 is 2.47 bits per heavy atom. The van der Waals surface area contributed by atoms with Crippen LogP contribution in [0.1, 0.15) is 24.8 Å². The van der Waals surface area contributed by atoms with Crippen LogP contribution in [0.25, 0.3) is 0 Å². The molecule has 0 aliphatic carbocycles. The maximum atomic E-state index is 3.27. The number of benzene rings is 1. The van der Waals surface area contributed by atoms with E-state index in [4.69, 9.17) is 0 Å². The van der Waals surface area contributed by atoms with Gasteiger partial charge in [0.1, 0.15) is 0 Å². The molecule has 0 saturated carbocycles. The molecule has 0 atom stereocenters. The van der Waals surface area contributed by atoms with Crippen molar-refractivity contribution in [3.63, 3.8) is 0 Å². The molecule has 1 heterocycles. The summed E-state index contributed by atoms with van der Waals surface area (Å²) < 4.78 is 0. The Balaban J connectivity index is 0.000000980. The molecule has 0 aromatic heterocycles. The number of hydrogen-bond donors (Lipinski definition) is 0. The Morgan fingerprint density at radius 1 is 1.13 bits per heavy atom. The largest absolute Gasteiger partial charge is 2.00 e. The van der Waals surface area contributed by atoms with Crippen LogP contribution in [-0.2, 0) is 6.54 Å². The molecule has 0 spiro atoms. The van der Waals surface area contributed by atoms with E-state index in [0.29, 0.717) is 0 Å². The van der Waals surface area contributed by atoms with E-state index in [2.05, 4.69) is 23.1 Å². The standard InChI is InChI=1S/C12H16N.BrH.Mg/c1-3-7-12(8-4-1)11-13-9-5-2-6-10-13;;/h1,3-4,7H,2,5-6,9-11H2;1H;/q-1;;+2/p-1. The minimum Gasteiger partial charge on any atom is -1.00 e. The van der Waals surface area contributed by atoms with Crippen LogP contribution in [0.15, 0.2) is 24.3 Å². The van der Waals surface area contributed by atoms with E-state index >= 15 is 0 Å². The van der Waals surface area contributed by atoms with Crippen LogP contribution in [0, 0.1) is 6.07 Å². The van der Waals surface area contributed by atoms with Crippen molar-refractivity contribution in [2.24, 2.45) is 0 Å². The second-order valence-corrected chi connectivity index (χ2v) is 3.72. The molecular formula is C12H16BrMgN. The Morgan fingerprint density at radius 2 is 1.87 bits per heavy atom. The zero-order chi connectivity index (χ0) is 8.93. The minimum absolute atomic E-state index is 0. The van der Waals surface area contributed by atoms with Crippen molar-refractivity contribution in [2.75, 3.05) is 13.1 Å². The Bertz CT molecular complexity index is 247. The summed E-state index contributed by atoms with van der Waals surface area (Å²) in [6.07, 6.45) is 4.15. The summed E-state index contributed by atoms with van der Waals surface area (Å²) >= 11 is 0. The van der Waals surface area contributed by atoms with Gasteiger partial charge in [-0.05, 0) is 25.9 Å². The molecular weight excluding hydrogens is 262 g/mol. The van der Waals surface area contributed by atoms with E-state index < -0.39 is 0 Å². The van der Waals surface area contributed by atoms with Gasteiger partial charge < -0.3 is 21.9 Å². The van der Waals surface area contributed by atoms with E-state index in [1.807, 2.05) is 12.1 Å². The van der Waals surface area contributed by atoms with Gasteiger partial charge in [-0.15, -0.1) is 5.56 Å². The molecule has 0 N–H and O–H groups in total. The molecule has 1 aromatic rings. The van der Waals surface area contributed by atoms with Gasteiger partial charge in [0, 0.05) is 6.54 Å². The molecule has 0 bridgehead atoms. The van der Waals surface area contributed by atoms with Crippen LogP contribution in [-0.4, -0.2) is 41.0 Å². The van der Waals surface area contributed by atoms with Crippen molar-refractivity contribution < 1.29 is 17.0 Å². The number of hydrogen-bond acceptors (Lipinski definition) is 1. The van der Waals surface area contributed by atoms with Gasteiger partial charge in [-0.3, -0.25) is 0 Å². The molecule has 3 heteroatoms. The monoisotopic (exact) mass is 277 g/mol. The third kappa shape index (κ3) is 5.34. The molecule has 1 saturated heterocycles. The maximum Gasteiger partial charge on any atom is 2.00 e. The van der Waals surface area contributed by atoms with E-state index in [0.717, 1.165) is 6.54 Å². The Labute approximate surface area is 119 Å². The van der Waals surface area contributed by atoms with Crippen molar-refractivity contribution in [1.82, 2.24) is 4.90 Å². The first kappa shape index (κ1) is 15.4. The molecule has 78 valence electrons. The SMILES string of the molecule is [Br-].[Mg+2].[c-]1ccccc1CN1CCCCC1. The van der Waals surface area contributed by atoms with Crippen LogP contribution in [0.2, 0.25) is 0 Å². The van der Waals surface area contributed by atoms with Crippen LogP contribution in [0.5, 0.6) is 0 Å². The van der Waals surface area contributed by atoms with Crippen molar-refractivity contribution >= 4 is 23.1 Å². The maximum absolute atomic E-state index is 3.27. The molecule has 1 aromatic carbocycles. The van der Waals surface area contributed by atoms with Gasteiger partial charge in [0.2, 0.25) is 0 Å². The molecule has 1 nitrogen and oxygen atoms in total. The van der Waals surface area contributed by atoms with Crippen molar-refractivity contribution in [2.45, 2.75) is 25.8 Å². The molecule has 15 heavy (non-hydrogen) atoms. The van der Waals surface area contributed by atoms with E-state index in [1.165, 1.54) is 37.9 Å². The van der Waals surface area contributed by atoms with Crippen LogP contribution in [0.4, 0.5) is 0 Å². The Hall–Kier alpha value is 0.426. The van der Waals surface area contributed by atoms with Gasteiger partial charge in [0.25, 0.3) is 0 Å². The third-order valence-electron chi connectivity index (χ3n) is 2.62. The molecule has 1 aliphatic heterocycles. The van der Waals surface area contributed by atoms with Gasteiger partial charge >= 0.3 is 23.1 Å². The molecule has 0 amide bonds. The predicted molar refractivity (Wildman–Crippen MR) is 60.2 cm³/mol. The fourth-order valence-corrected chi connectivity index (χ4v) is 1.89. The van der Waals surface area contributed by atoms with Crippen LogP contribution < -0.4 is 17.0 Å². The summed E-state index contributed by atoms with van der Waals surface area (Å²) in [6.45, 7) is 3.62. The summed E-state index contributed by atoms with van der Waals surface area (Å²) in [4.78, 5) is 2.52. The summed E-state index contributed by atoms with van der Waals surface area (Å²) in [5.41, 5.74) is 1.32. The smallest absolute Gasteiger partial charge is 1.00 e. The van der Waals surface area contributed by atoms with Gasteiger partial charge in [-0.1, -0.05) is 6.42 Å². The van der Waals surface area contributed by atoms with Crippen LogP contribution in [0.3, 0.4) is 0 Å². The fourth-order valence-electron chi connectivity index (χ4n) is 1.89. The quantitative estimate of drug-likeness (QED) is 0.500. The summed E-state index contributed by atoms with van der Waals surface area (Å²) in [7, 11) is 0. The molecule has 1 aliphatic rings. The predicted octanol–water partition coefficient (Wildman–Crippen LogP) is -0.904. The molecule has 2 rings (SSSR count). The second kappa shape index (κ2) is 8.56. The number of nitrogens with zero attached hydrogens (tertiary/aromatic N) is 1. The minimum atomic E-state index is 0. The number of likely N-dealkylation sites (tertiary alicyclic amines) is 1. The summed E-state index contributed by atoms with van der Waals surface area (Å²) in [5.74, 6) is 0. The normalized spacial score (nSPS) is 16.3. The van der Waals surface area contributed by atoms with Crippen molar-refractivity contribution in [3.05, 3.63) is 35.9 Å². The van der Waals surface area contributed by atoms with Gasteiger partial charge in [-0.25, -0.2) is 0 Å². The average molecular weight is 278 g/mol. The number of rotatable bonds is 2. The zero-order valence-electron chi connectivity index (χ0n) is 9.08. The van der Waals surface area contributed by atoms with Crippen molar-refractivity contribution in [1.29, 1.82) is 0 Å². The first-order valence-corrected chi connectivity index (χ1v) is 5.13. The van der Waals surface area contributed by atoms with Gasteiger partial charge in [0.05, 0.1) is 0 Å². The molecule has 1 fully saturated rings. The fraction of sp³-hybridized carbons (Fsp3) is 0.500. The van der Waals surface area contributed by atoms with E-state index in [1.54, 1.807) is 0 Å². The number of halogens is 1. The van der Waals surface area contributed by atoms with Crippen molar-refractivity contribution in [3.8, 4) is 0 Å². The zero-order valence-corrected chi connectivity index (χ0v) is 12.1. The molecule has 0 radical (unpaired) electrons. The number of piperidine rings is 1. The Kier molecular flexibility index (Phi) is 8.81. The van der Waals surface area contributed by atoms with E-state index in [9.17, 15) is 0 Å². The summed E-state index contributed by atoms with van der Waals surface area (Å²) in [6, 6.07) is 11.6.